The van der Waals surface area contributed by atoms with Gasteiger partial charge < -0.3 is 0 Å². The Hall–Kier alpha value is -3.12. The van der Waals surface area contributed by atoms with Gasteiger partial charge in [-0.05, 0) is 0 Å². The third kappa shape index (κ3) is 4.96. The first-order valence-electron chi connectivity index (χ1n) is 13.0. The molecule has 0 bridgehead atoms. The van der Waals surface area contributed by atoms with E-state index in [4.69, 9.17) is 20.7 Å². The van der Waals surface area contributed by atoms with Crippen molar-refractivity contribution in [1.29, 1.82) is 0 Å². The third-order valence-corrected chi connectivity index (χ3v) is 16.9. The number of benzene rings is 5. The molecule has 1 aromatic heterocycles. The monoisotopic (exact) mass is 679 g/mol. The van der Waals surface area contributed by atoms with Gasteiger partial charge in [0.15, 0.2) is 0 Å². The fourth-order valence-electron chi connectivity index (χ4n) is 5.37. The van der Waals surface area contributed by atoms with Crippen molar-refractivity contribution in [3.8, 4) is 20.1 Å². The molecule has 210 valence electrons. The van der Waals surface area contributed by atoms with Gasteiger partial charge in [0.1, 0.15) is 0 Å². The van der Waals surface area contributed by atoms with Gasteiger partial charge in [-0.15, -0.1) is 0 Å². The van der Waals surface area contributed by atoms with Crippen LogP contribution >= 0.6 is 18.4 Å². The molecule has 0 saturated heterocycles. The predicted molar refractivity (Wildman–Crippen MR) is 163 cm³/mol. The molecule has 0 fully saturated rings. The molecule has 42 heavy (non-hydrogen) atoms. The van der Waals surface area contributed by atoms with E-state index in [0.717, 1.165) is 20.1 Å². The second-order valence-corrected chi connectivity index (χ2v) is 17.4. The molecule has 0 unspecified atom stereocenters. The van der Waals surface area contributed by atoms with Crippen LogP contribution in [0.5, 0.6) is 0 Å². The van der Waals surface area contributed by atoms with Crippen LogP contribution in [0.4, 0.5) is 0 Å². The van der Waals surface area contributed by atoms with Crippen LogP contribution in [0.1, 0.15) is 0 Å². The summed E-state index contributed by atoms with van der Waals surface area (Å²) in [5.74, 6) is 0. The average molecular weight is 679 g/mol. The fourth-order valence-corrected chi connectivity index (χ4v) is 16.3. The van der Waals surface area contributed by atoms with E-state index in [0.29, 0.717) is 26.4 Å². The van der Waals surface area contributed by atoms with Crippen LogP contribution in [0.2, 0.25) is 5.02 Å². The van der Waals surface area contributed by atoms with Gasteiger partial charge >= 0.3 is 258 Å². The first kappa shape index (κ1) is 29.0. The Balaban J connectivity index is 1.89. The summed E-state index contributed by atoms with van der Waals surface area (Å²) < 4.78 is 47.2. The third-order valence-electron chi connectivity index (χ3n) is 7.11. The van der Waals surface area contributed by atoms with Crippen LogP contribution in [0.25, 0.3) is 20.1 Å². The second-order valence-electron chi connectivity index (χ2n) is 9.53. The zero-order valence-corrected chi connectivity index (χ0v) is 26.2. The summed E-state index contributed by atoms with van der Waals surface area (Å²) in [5, 5.41) is 2.20. The minimum absolute atomic E-state index is 0.390. The van der Waals surface area contributed by atoms with Crippen molar-refractivity contribution in [3.05, 3.63) is 151 Å². The number of halogens is 2. The van der Waals surface area contributed by atoms with Gasteiger partial charge in [-0.3, -0.25) is 0 Å². The molecule has 9 heteroatoms. The molecule has 0 spiro atoms. The van der Waals surface area contributed by atoms with Gasteiger partial charge in [0.05, 0.1) is 0 Å². The molecule has 6 aromatic rings. The van der Waals surface area contributed by atoms with E-state index in [1.807, 2.05) is 133 Å². The Morgan fingerprint density at radius 3 is 1.43 bits per heavy atom. The van der Waals surface area contributed by atoms with Crippen molar-refractivity contribution < 1.29 is 28.3 Å². The van der Waals surface area contributed by atoms with Crippen LogP contribution in [0, 0.1) is 10.2 Å². The fraction of sp³-hybridized carbons (Fsp3) is 0. The summed E-state index contributed by atoms with van der Waals surface area (Å²) in [4.78, 5) is 5.31. The summed E-state index contributed by atoms with van der Waals surface area (Å²) in [7, 11) is -4.97. The van der Waals surface area contributed by atoms with E-state index < -0.39 is 17.1 Å². The van der Waals surface area contributed by atoms with Crippen molar-refractivity contribution in [2.45, 2.75) is 0 Å². The van der Waals surface area contributed by atoms with Crippen LogP contribution < -0.4 is 35.3 Å². The van der Waals surface area contributed by atoms with Crippen molar-refractivity contribution in [1.82, 2.24) is 4.98 Å². The van der Waals surface area contributed by atoms with Crippen LogP contribution in [-0.2, 0) is 4.08 Å². The van der Waals surface area contributed by atoms with E-state index in [1.165, 1.54) is 0 Å². The Kier molecular flexibility index (Phi) is 7.95. The van der Waals surface area contributed by atoms with Crippen LogP contribution in [0.15, 0.2) is 146 Å². The molecule has 0 N–H and O–H groups in total. The Labute approximate surface area is 257 Å². The number of nitrogens with zero attached hydrogens (tertiary/aromatic N) is 1. The molecule has 6 rings (SSSR count). The molecular weight excluding hydrogens is 655 g/mol. The molecular formula is C33H24Cl2NO4PSe. The number of aromatic nitrogens is 1. The summed E-state index contributed by atoms with van der Waals surface area (Å²) in [6.45, 7) is -4.89. The van der Waals surface area contributed by atoms with Gasteiger partial charge in [0.25, 0.3) is 0 Å². The summed E-state index contributed by atoms with van der Waals surface area (Å²) in [6, 6.07) is 44.6. The van der Waals surface area contributed by atoms with Gasteiger partial charge in [0, 0.05) is 0 Å². The topological polar surface area (TPSA) is 91.3 Å². The first-order valence-corrected chi connectivity index (χ1v) is 18.4. The van der Waals surface area contributed by atoms with E-state index in [2.05, 4.69) is 0 Å². The van der Waals surface area contributed by atoms with Crippen molar-refractivity contribution in [2.24, 2.45) is 0 Å². The molecule has 1 heterocycles. The van der Waals surface area contributed by atoms with E-state index in [9.17, 15) is 14.0 Å². The molecule has 0 aliphatic carbocycles. The molecule has 0 amide bonds. The molecule has 0 saturated carbocycles. The van der Waals surface area contributed by atoms with Crippen molar-refractivity contribution >= 4 is 54.3 Å². The minimum atomic E-state index is -4.97. The zero-order valence-electron chi connectivity index (χ0n) is 22.0. The molecule has 0 atom stereocenters. The molecule has 0 aliphatic rings. The average Bonchev–Trinajstić information content (AvgIpc) is 3.48. The summed E-state index contributed by atoms with van der Waals surface area (Å²) >= 11 is 5.90. The maximum atomic E-state index is 13.1. The summed E-state index contributed by atoms with van der Waals surface area (Å²) in [5.41, 5.74) is 2.16. The van der Waals surface area contributed by atoms with Gasteiger partial charge in [-0.2, -0.15) is 0 Å². The molecule has 0 aliphatic heterocycles. The van der Waals surface area contributed by atoms with E-state index in [1.54, 1.807) is 12.1 Å². The normalized spacial score (nSPS) is 12.9. The SMILES string of the molecule is [O-][Cl+3]([O-])([O-])OP(c1ccccc1)(c1ccccc1)(c1ccccc1)c1nc(-c2ccccc2)[se]c1-c1ccc(Cl)cc1. The molecule has 0 radical (unpaired) electrons. The van der Waals surface area contributed by atoms with Crippen LogP contribution in [0.3, 0.4) is 0 Å². The first-order chi connectivity index (χ1) is 20.3. The maximum absolute atomic E-state index is 13.1. The number of hydrogen-bond donors (Lipinski definition) is 0. The Bertz CT molecular complexity index is 1700. The quantitative estimate of drug-likeness (QED) is 0.182. The van der Waals surface area contributed by atoms with Gasteiger partial charge in [-0.25, -0.2) is 0 Å². The number of rotatable bonds is 8. The predicted octanol–water partition coefficient (Wildman–Crippen LogP) is 3.11. The summed E-state index contributed by atoms with van der Waals surface area (Å²) in [6.07, 6.45) is 0. The van der Waals surface area contributed by atoms with Gasteiger partial charge in [-0.1, -0.05) is 0 Å². The zero-order chi connectivity index (χ0) is 29.2. The van der Waals surface area contributed by atoms with Crippen molar-refractivity contribution in [2.75, 3.05) is 0 Å². The Morgan fingerprint density at radius 1 is 0.571 bits per heavy atom. The van der Waals surface area contributed by atoms with Crippen LogP contribution in [-0.4, -0.2) is 19.5 Å². The molecule has 5 aromatic carbocycles. The standard InChI is InChI=1S/C33H24Cl2NO4PSe/c34-27-23-21-25(22-24-27)31-32(36-33(42-31)26-13-5-1-6-14-26)41(40-35(37,38)39,28-15-7-2-8-16-28,29-17-9-3-10-18-29)30-19-11-4-12-20-30/h1-24H. The van der Waals surface area contributed by atoms with Gasteiger partial charge in [0.2, 0.25) is 0 Å². The second kappa shape index (κ2) is 11.5. The Morgan fingerprint density at radius 2 is 1.00 bits per heavy atom. The van der Waals surface area contributed by atoms with Crippen molar-refractivity contribution in [3.63, 3.8) is 0 Å². The van der Waals surface area contributed by atoms with E-state index in [-0.39, 0.29) is 14.5 Å². The van der Waals surface area contributed by atoms with E-state index >= 15 is 0 Å². The molecule has 5 nitrogen and oxygen atoms in total. The number of hydrogen-bond acceptors (Lipinski definition) is 5.